The highest BCUT2D eigenvalue weighted by atomic mass is 35.5. The predicted octanol–water partition coefficient (Wildman–Crippen LogP) is 3.44. The zero-order chi connectivity index (χ0) is 15.4. The number of para-hydroxylation sites is 1. The third kappa shape index (κ3) is 3.97. The lowest BCUT2D eigenvalue weighted by molar-refractivity contribution is -0.380. The van der Waals surface area contributed by atoms with Crippen LogP contribution in [0, 0.1) is 10.1 Å². The zero-order valence-corrected chi connectivity index (χ0v) is 12.7. The Morgan fingerprint density at radius 1 is 1.38 bits per heavy atom. The highest BCUT2D eigenvalue weighted by Crippen LogP contribution is 2.23. The average Bonchev–Trinajstić information content (AvgIpc) is 2.91. The minimum atomic E-state index is -0.554. The number of nitro groups is 1. The molecule has 0 radical (unpaired) electrons. The number of thiophene rings is 1. The maximum Gasteiger partial charge on any atom is 0.324 e. The number of hydrogen-bond donors (Lipinski definition) is 2. The van der Waals surface area contributed by atoms with E-state index in [1.165, 1.54) is 11.4 Å². The summed E-state index contributed by atoms with van der Waals surface area (Å²) in [6.07, 6.45) is 0. The van der Waals surface area contributed by atoms with Gasteiger partial charge >= 0.3 is 5.00 Å². The second-order valence-electron chi connectivity index (χ2n) is 3.82. The molecule has 1 amide bonds. The molecule has 0 aliphatic heterocycles. The number of benzene rings is 1. The largest absolute Gasteiger partial charge is 0.331 e. The normalized spacial score (nSPS) is 9.95. The predicted molar refractivity (Wildman–Crippen MR) is 86.1 cm³/mol. The Kier molecular flexibility index (Phi) is 4.84. The Morgan fingerprint density at radius 3 is 2.71 bits per heavy atom. The molecule has 0 bridgehead atoms. The second kappa shape index (κ2) is 6.61. The Balaban J connectivity index is 2.00. The van der Waals surface area contributed by atoms with Crippen molar-refractivity contribution in [2.24, 2.45) is 0 Å². The summed E-state index contributed by atoms with van der Waals surface area (Å²) in [5.74, 6) is -0.524. The highest BCUT2D eigenvalue weighted by Gasteiger charge is 2.16. The lowest BCUT2D eigenvalue weighted by atomic mass is 10.3. The van der Waals surface area contributed by atoms with Gasteiger partial charge in [0.15, 0.2) is 5.11 Å². The molecule has 1 heterocycles. The maximum absolute atomic E-state index is 11.9. The van der Waals surface area contributed by atoms with Gasteiger partial charge < -0.3 is 5.32 Å². The third-order valence-corrected chi connectivity index (χ3v) is 3.79. The summed E-state index contributed by atoms with van der Waals surface area (Å²) in [7, 11) is 0. The number of amides is 1. The van der Waals surface area contributed by atoms with E-state index in [9.17, 15) is 14.9 Å². The molecule has 2 rings (SSSR count). The number of anilines is 1. The molecule has 6 nitrogen and oxygen atoms in total. The molecule has 0 aliphatic carbocycles. The molecule has 1 aromatic carbocycles. The summed E-state index contributed by atoms with van der Waals surface area (Å²) in [5, 5.41) is 17.6. The van der Waals surface area contributed by atoms with Crippen LogP contribution in [-0.2, 0) is 0 Å². The Morgan fingerprint density at radius 2 is 2.10 bits per heavy atom. The molecule has 108 valence electrons. The molecule has 1 aromatic heterocycles. The smallest absolute Gasteiger partial charge is 0.324 e. The molecule has 9 heteroatoms. The number of nitrogens with zero attached hydrogens (tertiary/aromatic N) is 1. The highest BCUT2D eigenvalue weighted by molar-refractivity contribution is 7.80. The van der Waals surface area contributed by atoms with Crippen LogP contribution in [0.25, 0.3) is 0 Å². The van der Waals surface area contributed by atoms with Gasteiger partial charge in [0, 0.05) is 11.4 Å². The Labute approximate surface area is 133 Å². The van der Waals surface area contributed by atoms with Crippen molar-refractivity contribution in [3.8, 4) is 0 Å². The van der Waals surface area contributed by atoms with Crippen LogP contribution >= 0.6 is 35.2 Å². The van der Waals surface area contributed by atoms with E-state index >= 15 is 0 Å². The van der Waals surface area contributed by atoms with Gasteiger partial charge in [0.1, 0.15) is 0 Å². The lowest BCUT2D eigenvalue weighted by Crippen LogP contribution is -2.33. The molecule has 0 spiro atoms. The topological polar surface area (TPSA) is 84.3 Å². The molecule has 0 atom stereocenters. The van der Waals surface area contributed by atoms with Gasteiger partial charge in [-0.15, -0.1) is 0 Å². The monoisotopic (exact) mass is 341 g/mol. The van der Waals surface area contributed by atoms with Gasteiger partial charge in [-0.1, -0.05) is 35.1 Å². The van der Waals surface area contributed by atoms with Gasteiger partial charge in [0.05, 0.1) is 21.2 Å². The van der Waals surface area contributed by atoms with Gasteiger partial charge in [-0.2, -0.15) is 0 Å². The molecule has 2 aromatic rings. The summed E-state index contributed by atoms with van der Waals surface area (Å²) < 4.78 is 0. The van der Waals surface area contributed by atoms with E-state index < -0.39 is 10.8 Å². The molecule has 0 unspecified atom stereocenters. The van der Waals surface area contributed by atoms with Crippen molar-refractivity contribution in [2.45, 2.75) is 0 Å². The first-order chi connectivity index (χ1) is 9.97. The number of nitrogens with one attached hydrogen (secondary N) is 2. The Hall–Kier alpha value is -2.03. The van der Waals surface area contributed by atoms with E-state index in [-0.39, 0.29) is 15.7 Å². The molecular weight excluding hydrogens is 334 g/mol. The number of rotatable bonds is 3. The summed E-state index contributed by atoms with van der Waals surface area (Å²) >= 11 is 11.8. The van der Waals surface area contributed by atoms with E-state index in [0.717, 1.165) is 11.3 Å². The first-order valence-electron chi connectivity index (χ1n) is 5.57. The maximum atomic E-state index is 11.9. The van der Waals surface area contributed by atoms with Crippen molar-refractivity contribution in [3.63, 3.8) is 0 Å². The van der Waals surface area contributed by atoms with Gasteiger partial charge in [0.2, 0.25) is 0 Å². The van der Waals surface area contributed by atoms with Crippen molar-refractivity contribution in [1.82, 2.24) is 5.32 Å². The number of halogens is 1. The first-order valence-corrected chi connectivity index (χ1v) is 7.24. The van der Waals surface area contributed by atoms with Gasteiger partial charge in [-0.3, -0.25) is 20.2 Å². The van der Waals surface area contributed by atoms with Crippen molar-refractivity contribution < 1.29 is 9.72 Å². The van der Waals surface area contributed by atoms with Crippen LogP contribution < -0.4 is 10.6 Å². The Bertz CT molecular complexity index is 717. The standard InChI is InChI=1S/C12H8ClN3O3S2/c13-8-3-1-2-4-9(8)14-12(20)15-11(17)7-5-10(16(18)19)21-6-7/h1-6H,(H2,14,15,17,20). The van der Waals surface area contributed by atoms with E-state index in [4.69, 9.17) is 23.8 Å². The number of thiocarbonyl (C=S) groups is 1. The molecule has 0 aliphatic rings. The van der Waals surface area contributed by atoms with E-state index in [2.05, 4.69) is 10.6 Å². The van der Waals surface area contributed by atoms with Gasteiger partial charge in [-0.05, 0) is 24.4 Å². The first kappa shape index (κ1) is 15.4. The van der Waals surface area contributed by atoms with Crippen LogP contribution in [0.5, 0.6) is 0 Å². The fourth-order valence-corrected chi connectivity index (χ4v) is 2.52. The summed E-state index contributed by atoms with van der Waals surface area (Å²) in [5.41, 5.74) is 0.732. The molecule has 0 saturated heterocycles. The number of hydrogen-bond acceptors (Lipinski definition) is 5. The molecule has 0 saturated carbocycles. The average molecular weight is 342 g/mol. The molecular formula is C12H8ClN3O3S2. The van der Waals surface area contributed by atoms with Crippen LogP contribution in [0.3, 0.4) is 0 Å². The van der Waals surface area contributed by atoms with Crippen LogP contribution in [0.15, 0.2) is 35.7 Å². The molecule has 2 N–H and O–H groups in total. The molecule has 21 heavy (non-hydrogen) atoms. The number of carbonyl (C=O) groups is 1. The third-order valence-electron chi connectivity index (χ3n) is 2.38. The minimum absolute atomic E-state index is 0.0574. The fourth-order valence-electron chi connectivity index (χ4n) is 1.43. The van der Waals surface area contributed by atoms with Crippen LogP contribution in [-0.4, -0.2) is 15.9 Å². The zero-order valence-electron chi connectivity index (χ0n) is 10.3. The van der Waals surface area contributed by atoms with Crippen molar-refractivity contribution >= 4 is 56.9 Å². The second-order valence-corrected chi connectivity index (χ2v) is 5.52. The van der Waals surface area contributed by atoms with Gasteiger partial charge in [0.25, 0.3) is 5.91 Å². The minimum Gasteiger partial charge on any atom is -0.331 e. The van der Waals surface area contributed by atoms with E-state index in [0.29, 0.717) is 10.7 Å². The van der Waals surface area contributed by atoms with Crippen molar-refractivity contribution in [3.05, 3.63) is 56.4 Å². The lowest BCUT2D eigenvalue weighted by Gasteiger charge is -2.09. The van der Waals surface area contributed by atoms with E-state index in [1.54, 1.807) is 24.3 Å². The summed E-state index contributed by atoms with van der Waals surface area (Å²) in [6.45, 7) is 0. The molecule has 0 fully saturated rings. The van der Waals surface area contributed by atoms with Crippen LogP contribution in [0.1, 0.15) is 10.4 Å². The van der Waals surface area contributed by atoms with Crippen LogP contribution in [0.4, 0.5) is 10.7 Å². The number of carbonyl (C=O) groups excluding carboxylic acids is 1. The van der Waals surface area contributed by atoms with Gasteiger partial charge in [-0.25, -0.2) is 0 Å². The SMILES string of the molecule is O=C(NC(=S)Nc1ccccc1Cl)c1csc([N+](=O)[O-])c1. The summed E-state index contributed by atoms with van der Waals surface area (Å²) in [6, 6.07) is 8.10. The fraction of sp³-hybridized carbons (Fsp3) is 0. The van der Waals surface area contributed by atoms with Crippen molar-refractivity contribution in [1.29, 1.82) is 0 Å². The van der Waals surface area contributed by atoms with Crippen molar-refractivity contribution in [2.75, 3.05) is 5.32 Å². The quantitative estimate of drug-likeness (QED) is 0.507. The van der Waals surface area contributed by atoms with E-state index in [1.807, 2.05) is 0 Å². The van der Waals surface area contributed by atoms with Crippen LogP contribution in [0.2, 0.25) is 5.02 Å². The summed E-state index contributed by atoms with van der Waals surface area (Å²) in [4.78, 5) is 21.9.